The summed E-state index contributed by atoms with van der Waals surface area (Å²) in [5, 5.41) is 1.90. The van der Waals surface area contributed by atoms with Gasteiger partial charge in [0.2, 0.25) is 0 Å². The third-order valence-corrected chi connectivity index (χ3v) is 4.15. The first-order chi connectivity index (χ1) is 13.9. The molecule has 0 aliphatic heterocycles. The van der Waals surface area contributed by atoms with Gasteiger partial charge >= 0.3 is 11.9 Å². The maximum Gasteiger partial charge on any atom is 0.308 e. The molecular formula is C22H17BrN2O4. The Kier molecular flexibility index (Phi) is 6.51. The van der Waals surface area contributed by atoms with Crippen molar-refractivity contribution in [3.8, 4) is 11.5 Å². The van der Waals surface area contributed by atoms with Gasteiger partial charge in [0.05, 0.1) is 11.0 Å². The van der Waals surface area contributed by atoms with Crippen LogP contribution in [0.25, 0.3) is 21.8 Å². The van der Waals surface area contributed by atoms with Crippen LogP contribution in [0.15, 0.2) is 71.5 Å². The van der Waals surface area contributed by atoms with E-state index in [2.05, 4.69) is 25.9 Å². The molecule has 4 rings (SSSR count). The van der Waals surface area contributed by atoms with Crippen molar-refractivity contribution >= 4 is 49.7 Å². The standard InChI is InChI=1S/C11H8BrNO2.C11H9NO2/c1-7(14)15-10-2-3-11-8(5-10)4-9(12)6-13-11;1-8(13)14-10-4-5-11-9(7-10)3-2-6-12-11/h2-6H,1H3;2-7H,1H3. The van der Waals surface area contributed by atoms with E-state index in [9.17, 15) is 9.59 Å². The van der Waals surface area contributed by atoms with Crippen molar-refractivity contribution < 1.29 is 19.1 Å². The molecule has 146 valence electrons. The Hall–Kier alpha value is -3.32. The fraction of sp³-hybridized carbons (Fsp3) is 0.0909. The fourth-order valence-electron chi connectivity index (χ4n) is 2.60. The average Bonchev–Trinajstić information content (AvgIpc) is 2.67. The Balaban J connectivity index is 0.000000166. The van der Waals surface area contributed by atoms with E-state index in [-0.39, 0.29) is 11.9 Å². The molecule has 0 amide bonds. The predicted molar refractivity (Wildman–Crippen MR) is 114 cm³/mol. The molecule has 4 aromatic rings. The minimum atomic E-state index is -0.322. The summed E-state index contributed by atoms with van der Waals surface area (Å²) in [7, 11) is 0. The number of halogens is 1. The van der Waals surface area contributed by atoms with Crippen LogP contribution in [-0.4, -0.2) is 21.9 Å². The van der Waals surface area contributed by atoms with Crippen molar-refractivity contribution in [2.24, 2.45) is 0 Å². The Morgan fingerprint density at radius 3 is 2.00 bits per heavy atom. The molecule has 0 radical (unpaired) electrons. The first-order valence-corrected chi connectivity index (χ1v) is 9.47. The lowest BCUT2D eigenvalue weighted by atomic mass is 10.2. The van der Waals surface area contributed by atoms with E-state index in [1.54, 1.807) is 36.7 Å². The smallest absolute Gasteiger partial charge is 0.308 e. The van der Waals surface area contributed by atoms with Gasteiger partial charge < -0.3 is 9.47 Å². The number of rotatable bonds is 2. The average molecular weight is 453 g/mol. The van der Waals surface area contributed by atoms with Gasteiger partial charge in [-0.2, -0.15) is 0 Å². The summed E-state index contributed by atoms with van der Waals surface area (Å²) >= 11 is 3.34. The minimum Gasteiger partial charge on any atom is -0.427 e. The first-order valence-electron chi connectivity index (χ1n) is 8.67. The summed E-state index contributed by atoms with van der Waals surface area (Å²) in [6.07, 6.45) is 3.46. The van der Waals surface area contributed by atoms with Crippen LogP contribution < -0.4 is 9.47 Å². The normalized spacial score (nSPS) is 10.2. The van der Waals surface area contributed by atoms with E-state index in [1.807, 2.05) is 30.3 Å². The highest BCUT2D eigenvalue weighted by Crippen LogP contribution is 2.22. The molecule has 2 heterocycles. The molecule has 0 spiro atoms. The highest BCUT2D eigenvalue weighted by Gasteiger charge is 2.01. The highest BCUT2D eigenvalue weighted by atomic mass is 79.9. The van der Waals surface area contributed by atoms with E-state index in [0.29, 0.717) is 11.5 Å². The molecule has 6 nitrogen and oxygen atoms in total. The molecular weight excluding hydrogens is 436 g/mol. The molecule has 0 aliphatic rings. The van der Waals surface area contributed by atoms with Gasteiger partial charge in [0, 0.05) is 41.5 Å². The molecule has 29 heavy (non-hydrogen) atoms. The quantitative estimate of drug-likeness (QED) is 0.311. The van der Waals surface area contributed by atoms with E-state index >= 15 is 0 Å². The first kappa shape index (κ1) is 20.4. The van der Waals surface area contributed by atoms with Crippen molar-refractivity contribution in [1.29, 1.82) is 0 Å². The van der Waals surface area contributed by atoms with Crippen molar-refractivity contribution in [3.63, 3.8) is 0 Å². The van der Waals surface area contributed by atoms with Gasteiger partial charge in [-0.15, -0.1) is 0 Å². The number of ether oxygens (including phenoxy) is 2. The number of carbonyl (C=O) groups is 2. The largest absolute Gasteiger partial charge is 0.427 e. The SMILES string of the molecule is CC(=O)Oc1ccc2ncc(Br)cc2c1.CC(=O)Oc1ccc2ncccc2c1. The number of carbonyl (C=O) groups excluding carboxylic acids is 2. The van der Waals surface area contributed by atoms with E-state index < -0.39 is 0 Å². The summed E-state index contributed by atoms with van der Waals surface area (Å²) < 4.78 is 10.8. The van der Waals surface area contributed by atoms with Gasteiger partial charge in [-0.05, 0) is 64.5 Å². The van der Waals surface area contributed by atoms with Gasteiger partial charge in [-0.3, -0.25) is 19.6 Å². The van der Waals surface area contributed by atoms with Crippen molar-refractivity contribution in [2.75, 3.05) is 0 Å². The van der Waals surface area contributed by atoms with Gasteiger partial charge in [-0.25, -0.2) is 0 Å². The second kappa shape index (κ2) is 9.25. The molecule has 2 aromatic heterocycles. The number of pyridine rings is 2. The Labute approximate surface area is 175 Å². The molecule has 0 aliphatic carbocycles. The number of fused-ring (bicyclic) bond motifs is 2. The van der Waals surface area contributed by atoms with Crippen molar-refractivity contribution in [3.05, 3.63) is 71.5 Å². The molecule has 0 atom stereocenters. The molecule has 7 heteroatoms. The number of aromatic nitrogens is 2. The Morgan fingerprint density at radius 2 is 1.38 bits per heavy atom. The zero-order valence-corrected chi connectivity index (χ0v) is 17.3. The Bertz CT molecular complexity index is 1190. The Morgan fingerprint density at radius 1 is 0.793 bits per heavy atom. The van der Waals surface area contributed by atoms with E-state index in [0.717, 1.165) is 26.3 Å². The lowest BCUT2D eigenvalue weighted by Crippen LogP contribution is -2.00. The molecule has 0 bridgehead atoms. The number of benzene rings is 2. The van der Waals surface area contributed by atoms with Crippen LogP contribution in [0, 0.1) is 0 Å². The maximum absolute atomic E-state index is 10.8. The second-order valence-electron chi connectivity index (χ2n) is 6.05. The molecule has 0 N–H and O–H groups in total. The zero-order chi connectivity index (χ0) is 20.8. The van der Waals surface area contributed by atoms with Crippen LogP contribution in [0.4, 0.5) is 0 Å². The molecule has 0 fully saturated rings. The minimum absolute atomic E-state index is 0.312. The summed E-state index contributed by atoms with van der Waals surface area (Å²) in [6.45, 7) is 2.76. The zero-order valence-electron chi connectivity index (χ0n) is 15.8. The number of esters is 2. The third kappa shape index (κ3) is 5.83. The number of hydrogen-bond acceptors (Lipinski definition) is 6. The van der Waals surface area contributed by atoms with Crippen molar-refractivity contribution in [2.45, 2.75) is 13.8 Å². The summed E-state index contributed by atoms with van der Waals surface area (Å²) in [6, 6.07) is 16.4. The second-order valence-corrected chi connectivity index (χ2v) is 6.97. The monoisotopic (exact) mass is 452 g/mol. The topological polar surface area (TPSA) is 78.4 Å². The van der Waals surface area contributed by atoms with Crippen LogP contribution in [0.1, 0.15) is 13.8 Å². The van der Waals surface area contributed by atoms with Crippen molar-refractivity contribution in [1.82, 2.24) is 9.97 Å². The van der Waals surface area contributed by atoms with Crippen LogP contribution in [0.2, 0.25) is 0 Å². The van der Waals surface area contributed by atoms with E-state index in [4.69, 9.17) is 9.47 Å². The molecule has 0 saturated carbocycles. The lowest BCUT2D eigenvalue weighted by Gasteiger charge is -2.02. The predicted octanol–water partition coefficient (Wildman–Crippen LogP) is 5.08. The van der Waals surface area contributed by atoms with Gasteiger partial charge in [0.1, 0.15) is 11.5 Å². The van der Waals surface area contributed by atoms with Crippen LogP contribution in [0.5, 0.6) is 11.5 Å². The molecule has 2 aromatic carbocycles. The maximum atomic E-state index is 10.8. The van der Waals surface area contributed by atoms with E-state index in [1.165, 1.54) is 13.8 Å². The summed E-state index contributed by atoms with van der Waals surface area (Å²) in [5.74, 6) is 0.457. The van der Waals surface area contributed by atoms with Gasteiger partial charge in [-0.1, -0.05) is 6.07 Å². The van der Waals surface area contributed by atoms with Gasteiger partial charge in [0.25, 0.3) is 0 Å². The fourth-order valence-corrected chi connectivity index (χ4v) is 2.94. The lowest BCUT2D eigenvalue weighted by molar-refractivity contribution is -0.132. The van der Waals surface area contributed by atoms with Crippen LogP contribution >= 0.6 is 15.9 Å². The van der Waals surface area contributed by atoms with Crippen LogP contribution in [0.3, 0.4) is 0 Å². The van der Waals surface area contributed by atoms with Gasteiger partial charge in [0.15, 0.2) is 0 Å². The highest BCUT2D eigenvalue weighted by molar-refractivity contribution is 9.10. The molecule has 0 saturated heterocycles. The number of nitrogens with zero attached hydrogens (tertiary/aromatic N) is 2. The number of hydrogen-bond donors (Lipinski definition) is 0. The molecule has 0 unspecified atom stereocenters. The summed E-state index contributed by atoms with van der Waals surface area (Å²) in [4.78, 5) is 29.9. The third-order valence-electron chi connectivity index (χ3n) is 3.72. The van der Waals surface area contributed by atoms with Crippen LogP contribution in [-0.2, 0) is 9.59 Å². The summed E-state index contributed by atoms with van der Waals surface area (Å²) in [5.41, 5.74) is 1.76.